The average Bonchev–Trinajstić information content (AvgIpc) is 2.99. The first-order chi connectivity index (χ1) is 10.4. The van der Waals surface area contributed by atoms with Crippen LogP contribution in [0.1, 0.15) is 15.2 Å². The SMILES string of the molecule is O=C(NS(=O)(=O)/C=C/c1ccc([N+](=O)[O-])cc1)c1cccs1. The number of hydrogen-bond acceptors (Lipinski definition) is 6. The van der Waals surface area contributed by atoms with Gasteiger partial charge in [0.25, 0.3) is 21.6 Å². The zero-order chi connectivity index (χ0) is 16.2. The van der Waals surface area contributed by atoms with Crippen molar-refractivity contribution < 1.29 is 18.1 Å². The van der Waals surface area contributed by atoms with E-state index in [-0.39, 0.29) is 10.6 Å². The van der Waals surface area contributed by atoms with E-state index in [0.29, 0.717) is 5.56 Å². The third-order valence-corrected chi connectivity index (χ3v) is 4.36. The maximum Gasteiger partial charge on any atom is 0.275 e. The molecule has 0 unspecified atom stereocenters. The van der Waals surface area contributed by atoms with Gasteiger partial charge in [0.2, 0.25) is 0 Å². The van der Waals surface area contributed by atoms with Crippen LogP contribution in [0.5, 0.6) is 0 Å². The van der Waals surface area contributed by atoms with Crippen LogP contribution in [-0.4, -0.2) is 19.2 Å². The molecule has 1 amide bonds. The minimum atomic E-state index is -3.94. The lowest BCUT2D eigenvalue weighted by Crippen LogP contribution is -2.28. The van der Waals surface area contributed by atoms with Crippen molar-refractivity contribution >= 4 is 39.0 Å². The van der Waals surface area contributed by atoms with Gasteiger partial charge in [-0.3, -0.25) is 14.9 Å². The van der Waals surface area contributed by atoms with Crippen LogP contribution in [0.4, 0.5) is 5.69 Å². The van der Waals surface area contributed by atoms with Crippen molar-refractivity contribution in [1.82, 2.24) is 4.72 Å². The largest absolute Gasteiger partial charge is 0.275 e. The Kier molecular flexibility index (Phi) is 4.68. The van der Waals surface area contributed by atoms with Crippen molar-refractivity contribution in [3.05, 3.63) is 67.7 Å². The van der Waals surface area contributed by atoms with E-state index in [1.165, 1.54) is 36.4 Å². The van der Waals surface area contributed by atoms with Crippen molar-refractivity contribution in [3.63, 3.8) is 0 Å². The molecule has 0 saturated heterocycles. The number of nitro groups is 1. The highest BCUT2D eigenvalue weighted by atomic mass is 32.2. The summed E-state index contributed by atoms with van der Waals surface area (Å²) >= 11 is 1.13. The van der Waals surface area contributed by atoms with Crippen LogP contribution in [0, 0.1) is 10.1 Å². The lowest BCUT2D eigenvalue weighted by Gasteiger charge is -2.00. The molecule has 0 spiro atoms. The van der Waals surface area contributed by atoms with Crippen LogP contribution in [-0.2, 0) is 10.0 Å². The summed E-state index contributed by atoms with van der Waals surface area (Å²) in [7, 11) is -3.94. The quantitative estimate of drug-likeness (QED) is 0.665. The van der Waals surface area contributed by atoms with Crippen molar-refractivity contribution in [2.24, 2.45) is 0 Å². The summed E-state index contributed by atoms with van der Waals surface area (Å²) in [5.74, 6) is -0.705. The smallest absolute Gasteiger partial charge is 0.267 e. The van der Waals surface area contributed by atoms with Gasteiger partial charge >= 0.3 is 0 Å². The topological polar surface area (TPSA) is 106 Å². The van der Waals surface area contributed by atoms with Crippen LogP contribution < -0.4 is 4.72 Å². The number of thiophene rings is 1. The number of nitrogens with zero attached hydrogens (tertiary/aromatic N) is 1. The van der Waals surface area contributed by atoms with Crippen LogP contribution in [0.25, 0.3) is 6.08 Å². The van der Waals surface area contributed by atoms with Crippen molar-refractivity contribution in [2.45, 2.75) is 0 Å². The number of rotatable bonds is 5. The number of carbonyl (C=O) groups excluding carboxylic acids is 1. The molecule has 9 heteroatoms. The number of sulfonamides is 1. The molecule has 0 atom stereocenters. The molecule has 0 radical (unpaired) electrons. The summed E-state index contributed by atoms with van der Waals surface area (Å²) in [6, 6.07) is 8.48. The molecule has 0 fully saturated rings. The Morgan fingerprint density at radius 2 is 1.91 bits per heavy atom. The second kappa shape index (κ2) is 6.50. The number of nitrogens with one attached hydrogen (secondary N) is 1. The monoisotopic (exact) mass is 338 g/mol. The standard InChI is InChI=1S/C13H10N2O5S2/c16-13(12-2-1-8-21-12)14-22(19,20)9-7-10-3-5-11(6-4-10)15(17)18/h1-9H,(H,14,16)/b9-7+. The van der Waals surface area contributed by atoms with Crippen molar-refractivity contribution in [2.75, 3.05) is 0 Å². The molecule has 0 aliphatic carbocycles. The molecule has 0 aliphatic rings. The summed E-state index contributed by atoms with van der Waals surface area (Å²) in [6.07, 6.45) is 1.24. The van der Waals surface area contributed by atoms with Gasteiger partial charge in [-0.15, -0.1) is 11.3 Å². The molecular weight excluding hydrogens is 328 g/mol. The van der Waals surface area contributed by atoms with Gasteiger partial charge in [-0.05, 0) is 35.2 Å². The normalized spacial score (nSPS) is 11.5. The van der Waals surface area contributed by atoms with E-state index >= 15 is 0 Å². The Hall–Kier alpha value is -2.52. The van der Waals surface area contributed by atoms with E-state index in [0.717, 1.165) is 16.7 Å². The Bertz CT molecular complexity index is 809. The fourth-order valence-electron chi connectivity index (χ4n) is 1.50. The second-order valence-electron chi connectivity index (χ2n) is 4.10. The lowest BCUT2D eigenvalue weighted by atomic mass is 10.2. The zero-order valence-electron chi connectivity index (χ0n) is 11.0. The van der Waals surface area contributed by atoms with Crippen molar-refractivity contribution in [3.8, 4) is 0 Å². The second-order valence-corrected chi connectivity index (χ2v) is 6.62. The molecule has 2 aromatic rings. The summed E-state index contributed by atoms with van der Waals surface area (Å²) in [6.45, 7) is 0. The summed E-state index contributed by atoms with van der Waals surface area (Å²) in [5.41, 5.74) is 0.366. The number of nitro benzene ring substituents is 1. The predicted octanol–water partition coefficient (Wildman–Crippen LogP) is 2.39. The highest BCUT2D eigenvalue weighted by molar-refractivity contribution is 7.93. The molecule has 1 aromatic carbocycles. The Morgan fingerprint density at radius 1 is 1.23 bits per heavy atom. The Balaban J connectivity index is 2.07. The molecule has 2 rings (SSSR count). The summed E-state index contributed by atoms with van der Waals surface area (Å²) < 4.78 is 25.4. The van der Waals surface area contributed by atoms with E-state index in [2.05, 4.69) is 0 Å². The van der Waals surface area contributed by atoms with Crippen LogP contribution in [0.3, 0.4) is 0 Å². The minimum absolute atomic E-state index is 0.0917. The van der Waals surface area contributed by atoms with Crippen LogP contribution in [0.15, 0.2) is 47.2 Å². The van der Waals surface area contributed by atoms with E-state index < -0.39 is 20.9 Å². The first-order valence-corrected chi connectivity index (χ1v) is 8.33. The average molecular weight is 338 g/mol. The van der Waals surface area contributed by atoms with Crippen molar-refractivity contribution in [1.29, 1.82) is 0 Å². The zero-order valence-corrected chi connectivity index (χ0v) is 12.6. The molecule has 1 N–H and O–H groups in total. The predicted molar refractivity (Wildman–Crippen MR) is 82.8 cm³/mol. The third kappa shape index (κ3) is 4.24. The number of non-ortho nitro benzene ring substituents is 1. The van der Waals surface area contributed by atoms with E-state index in [4.69, 9.17) is 0 Å². The molecule has 1 aromatic heterocycles. The number of amides is 1. The van der Waals surface area contributed by atoms with Gasteiger partial charge in [0, 0.05) is 12.1 Å². The third-order valence-electron chi connectivity index (χ3n) is 2.52. The number of hydrogen-bond donors (Lipinski definition) is 1. The highest BCUT2D eigenvalue weighted by Crippen LogP contribution is 2.13. The van der Waals surface area contributed by atoms with Gasteiger partial charge in [-0.2, -0.15) is 0 Å². The Morgan fingerprint density at radius 3 is 2.45 bits per heavy atom. The lowest BCUT2D eigenvalue weighted by molar-refractivity contribution is -0.384. The van der Waals surface area contributed by atoms with Crippen LogP contribution in [0.2, 0.25) is 0 Å². The van der Waals surface area contributed by atoms with Gasteiger partial charge in [0.15, 0.2) is 0 Å². The molecular formula is C13H10N2O5S2. The maximum absolute atomic E-state index is 11.8. The fraction of sp³-hybridized carbons (Fsp3) is 0. The highest BCUT2D eigenvalue weighted by Gasteiger charge is 2.13. The van der Waals surface area contributed by atoms with E-state index in [1.807, 2.05) is 4.72 Å². The van der Waals surface area contributed by atoms with E-state index in [9.17, 15) is 23.3 Å². The molecule has 7 nitrogen and oxygen atoms in total. The molecule has 0 aliphatic heterocycles. The fourth-order valence-corrected chi connectivity index (χ4v) is 2.95. The van der Waals surface area contributed by atoms with Gasteiger partial charge in [-0.1, -0.05) is 6.07 Å². The minimum Gasteiger partial charge on any atom is -0.267 e. The molecule has 114 valence electrons. The maximum atomic E-state index is 11.8. The summed E-state index contributed by atoms with van der Waals surface area (Å²) in [5, 5.41) is 13.0. The van der Waals surface area contributed by atoms with E-state index in [1.54, 1.807) is 11.4 Å². The first-order valence-electron chi connectivity index (χ1n) is 5.90. The van der Waals surface area contributed by atoms with Gasteiger partial charge < -0.3 is 0 Å². The molecule has 1 heterocycles. The molecule has 0 bridgehead atoms. The molecule has 22 heavy (non-hydrogen) atoms. The van der Waals surface area contributed by atoms with Gasteiger partial charge in [-0.25, -0.2) is 13.1 Å². The number of benzene rings is 1. The first kappa shape index (κ1) is 15.9. The van der Waals surface area contributed by atoms with Crippen LogP contribution >= 0.6 is 11.3 Å². The molecule has 0 saturated carbocycles. The number of carbonyl (C=O) groups is 1. The Labute approximate surface area is 130 Å². The van der Waals surface area contributed by atoms with Gasteiger partial charge in [0.1, 0.15) is 0 Å². The summed E-state index contributed by atoms with van der Waals surface area (Å²) in [4.78, 5) is 21.9. The van der Waals surface area contributed by atoms with Gasteiger partial charge in [0.05, 0.1) is 15.2 Å².